The number of halogens is 3. The maximum atomic E-state index is 14.0. The van der Waals surface area contributed by atoms with E-state index in [9.17, 15) is 13.2 Å². The Kier molecular flexibility index (Phi) is 5.94. The van der Waals surface area contributed by atoms with Gasteiger partial charge in [0.1, 0.15) is 5.69 Å². The molecular formula is C29H27F3N4. The lowest BCUT2D eigenvalue weighted by Gasteiger charge is -2.23. The molecule has 0 fully saturated rings. The lowest BCUT2D eigenvalue weighted by molar-refractivity contribution is -0.144. The Bertz CT molecular complexity index is 1350. The van der Waals surface area contributed by atoms with Crippen LogP contribution in [0.5, 0.6) is 0 Å². The van der Waals surface area contributed by atoms with E-state index in [0.717, 1.165) is 16.8 Å². The van der Waals surface area contributed by atoms with E-state index in [1.165, 1.54) is 0 Å². The highest BCUT2D eigenvalue weighted by Gasteiger charge is 2.40. The molecule has 1 aliphatic heterocycles. The molecule has 0 amide bonds. The number of benzene rings is 3. The van der Waals surface area contributed by atoms with Gasteiger partial charge in [0, 0.05) is 17.8 Å². The van der Waals surface area contributed by atoms with Crippen LogP contribution in [0.3, 0.4) is 0 Å². The summed E-state index contributed by atoms with van der Waals surface area (Å²) in [5, 5.41) is 0. The largest absolute Gasteiger partial charge is 0.451 e. The van der Waals surface area contributed by atoms with Gasteiger partial charge in [0.05, 0.1) is 12.4 Å². The summed E-state index contributed by atoms with van der Waals surface area (Å²) in [6, 6.07) is 26.8. The van der Waals surface area contributed by atoms with Crippen molar-refractivity contribution in [2.75, 3.05) is 16.5 Å². The minimum atomic E-state index is -4.67. The molecule has 36 heavy (non-hydrogen) atoms. The summed E-state index contributed by atoms with van der Waals surface area (Å²) in [5.74, 6) is -0.881. The number of hydrogen-bond acceptors (Lipinski definition) is 4. The summed E-state index contributed by atoms with van der Waals surface area (Å²) in [6.07, 6.45) is -4.67. The van der Waals surface area contributed by atoms with E-state index < -0.39 is 12.0 Å². The van der Waals surface area contributed by atoms with Gasteiger partial charge in [-0.15, -0.1) is 0 Å². The number of alkyl halides is 3. The molecule has 4 aromatic rings. The van der Waals surface area contributed by atoms with Gasteiger partial charge in [-0.3, -0.25) is 0 Å². The zero-order chi connectivity index (χ0) is 25.5. The monoisotopic (exact) mass is 488 g/mol. The number of aromatic nitrogens is 2. The topological polar surface area (TPSA) is 32.3 Å². The van der Waals surface area contributed by atoms with Gasteiger partial charge in [0.15, 0.2) is 5.82 Å². The van der Waals surface area contributed by atoms with Crippen molar-refractivity contribution in [1.82, 2.24) is 9.97 Å². The SMILES string of the molecule is CC(C)(C)c1ccc(N2CN(Cc3ccccc3)c3c(-c4ccccc4)nc(C(F)(F)F)nc32)cc1. The molecule has 184 valence electrons. The molecule has 0 saturated heterocycles. The van der Waals surface area contributed by atoms with E-state index in [0.29, 0.717) is 24.5 Å². The highest BCUT2D eigenvalue weighted by atomic mass is 19.4. The third kappa shape index (κ3) is 4.65. The lowest BCUT2D eigenvalue weighted by atomic mass is 9.87. The smallest absolute Gasteiger partial charge is 0.344 e. The first-order valence-corrected chi connectivity index (χ1v) is 11.8. The summed E-state index contributed by atoms with van der Waals surface area (Å²) in [6.45, 7) is 7.26. The molecule has 2 heterocycles. The fourth-order valence-corrected chi connectivity index (χ4v) is 4.43. The van der Waals surface area contributed by atoms with E-state index in [2.05, 4.69) is 30.7 Å². The van der Waals surface area contributed by atoms with Crippen LogP contribution >= 0.6 is 0 Å². The second kappa shape index (κ2) is 8.97. The zero-order valence-corrected chi connectivity index (χ0v) is 20.4. The standard InChI is InChI=1S/C29H27F3N4/c1-28(2,3)22-14-16-23(17-15-22)36-19-35(18-20-10-6-4-7-11-20)25-24(21-12-8-5-9-13-21)33-27(29(30,31)32)34-26(25)36/h4-17H,18-19H2,1-3H3. The zero-order valence-electron chi connectivity index (χ0n) is 20.4. The number of anilines is 3. The Morgan fingerprint density at radius 3 is 1.97 bits per heavy atom. The highest BCUT2D eigenvalue weighted by molar-refractivity contribution is 5.89. The average Bonchev–Trinajstić information content (AvgIpc) is 3.22. The Balaban J connectivity index is 1.69. The summed E-state index contributed by atoms with van der Waals surface area (Å²) in [5.41, 5.74) is 4.43. The van der Waals surface area contributed by atoms with Crippen LogP contribution in [0.1, 0.15) is 37.7 Å². The fourth-order valence-electron chi connectivity index (χ4n) is 4.43. The first-order chi connectivity index (χ1) is 17.1. The molecule has 0 bridgehead atoms. The van der Waals surface area contributed by atoms with Gasteiger partial charge in [-0.2, -0.15) is 13.2 Å². The van der Waals surface area contributed by atoms with Crippen molar-refractivity contribution in [2.24, 2.45) is 0 Å². The van der Waals surface area contributed by atoms with Crippen molar-refractivity contribution in [3.05, 3.63) is 102 Å². The van der Waals surface area contributed by atoms with Crippen molar-refractivity contribution in [3.8, 4) is 11.3 Å². The van der Waals surface area contributed by atoms with Crippen LogP contribution in [0.25, 0.3) is 11.3 Å². The second-order valence-corrected chi connectivity index (χ2v) is 9.98. The summed E-state index contributed by atoms with van der Waals surface area (Å²) < 4.78 is 41.9. The fraction of sp³-hybridized carbons (Fsp3) is 0.241. The Hall–Kier alpha value is -3.87. The molecule has 1 aromatic heterocycles. The number of fused-ring (bicyclic) bond motifs is 1. The van der Waals surface area contributed by atoms with Crippen molar-refractivity contribution >= 4 is 17.2 Å². The van der Waals surface area contributed by atoms with Crippen LogP contribution in [0, 0.1) is 0 Å². The molecule has 0 atom stereocenters. The number of rotatable bonds is 4. The van der Waals surface area contributed by atoms with E-state index in [4.69, 9.17) is 0 Å². The molecule has 0 unspecified atom stereocenters. The number of nitrogens with zero attached hydrogens (tertiary/aromatic N) is 4. The maximum absolute atomic E-state index is 14.0. The Morgan fingerprint density at radius 2 is 1.39 bits per heavy atom. The van der Waals surface area contributed by atoms with Gasteiger partial charge >= 0.3 is 6.18 Å². The third-order valence-corrected chi connectivity index (χ3v) is 6.31. The maximum Gasteiger partial charge on any atom is 0.451 e. The van der Waals surface area contributed by atoms with Crippen LogP contribution in [0.4, 0.5) is 30.4 Å². The van der Waals surface area contributed by atoms with Crippen molar-refractivity contribution in [3.63, 3.8) is 0 Å². The van der Waals surface area contributed by atoms with Gasteiger partial charge in [-0.05, 0) is 28.7 Å². The van der Waals surface area contributed by atoms with E-state index in [1.807, 2.05) is 70.5 Å². The minimum Gasteiger partial charge on any atom is -0.344 e. The quantitative estimate of drug-likeness (QED) is 0.296. The lowest BCUT2D eigenvalue weighted by Crippen LogP contribution is -2.27. The van der Waals surface area contributed by atoms with E-state index in [-0.39, 0.29) is 16.9 Å². The first kappa shape index (κ1) is 23.9. The van der Waals surface area contributed by atoms with Gasteiger partial charge < -0.3 is 9.80 Å². The minimum absolute atomic E-state index is 0.0348. The van der Waals surface area contributed by atoms with Crippen molar-refractivity contribution in [2.45, 2.75) is 38.9 Å². The Morgan fingerprint density at radius 1 is 0.778 bits per heavy atom. The van der Waals surface area contributed by atoms with Crippen LogP contribution in [-0.2, 0) is 18.1 Å². The molecule has 0 radical (unpaired) electrons. The van der Waals surface area contributed by atoms with Crippen LogP contribution < -0.4 is 9.80 Å². The van der Waals surface area contributed by atoms with Gasteiger partial charge in [-0.1, -0.05) is 93.6 Å². The van der Waals surface area contributed by atoms with Crippen LogP contribution in [0.2, 0.25) is 0 Å². The number of hydrogen-bond donors (Lipinski definition) is 0. The summed E-state index contributed by atoms with van der Waals surface area (Å²) in [7, 11) is 0. The normalized spacial score (nSPS) is 13.7. The molecular weight excluding hydrogens is 461 g/mol. The van der Waals surface area contributed by atoms with Gasteiger partial charge in [-0.25, -0.2) is 9.97 Å². The Labute approximate surface area is 209 Å². The van der Waals surface area contributed by atoms with Gasteiger partial charge in [0.25, 0.3) is 0 Å². The van der Waals surface area contributed by atoms with Crippen molar-refractivity contribution in [1.29, 1.82) is 0 Å². The van der Waals surface area contributed by atoms with Crippen molar-refractivity contribution < 1.29 is 13.2 Å². The molecule has 3 aromatic carbocycles. The average molecular weight is 489 g/mol. The van der Waals surface area contributed by atoms with E-state index >= 15 is 0 Å². The molecule has 0 saturated carbocycles. The summed E-state index contributed by atoms with van der Waals surface area (Å²) in [4.78, 5) is 12.0. The molecule has 1 aliphatic rings. The molecule has 0 N–H and O–H groups in total. The highest BCUT2D eigenvalue weighted by Crippen LogP contribution is 2.46. The molecule has 4 nitrogen and oxygen atoms in total. The second-order valence-electron chi connectivity index (χ2n) is 9.98. The van der Waals surface area contributed by atoms with Crippen LogP contribution in [0.15, 0.2) is 84.9 Å². The molecule has 0 aliphatic carbocycles. The van der Waals surface area contributed by atoms with Crippen LogP contribution in [-0.4, -0.2) is 16.6 Å². The van der Waals surface area contributed by atoms with E-state index in [1.54, 1.807) is 24.3 Å². The van der Waals surface area contributed by atoms with Gasteiger partial charge in [0.2, 0.25) is 5.82 Å². The third-order valence-electron chi connectivity index (χ3n) is 6.31. The molecule has 7 heteroatoms. The molecule has 5 rings (SSSR count). The summed E-state index contributed by atoms with van der Waals surface area (Å²) >= 11 is 0. The predicted octanol–water partition coefficient (Wildman–Crippen LogP) is 7.58. The first-order valence-electron chi connectivity index (χ1n) is 11.8. The predicted molar refractivity (Wildman–Crippen MR) is 137 cm³/mol. The molecule has 0 spiro atoms.